The molecule has 0 bridgehead atoms. The molecule has 0 fully saturated rings. The van der Waals surface area contributed by atoms with Crippen molar-refractivity contribution < 1.29 is 9.09 Å². The standard InChI is InChI=1S/C10H23O2P/c1-5-6-7-8-9-13(4,11)12-10(2)3/h10H,5-9H2,1-4H3. The van der Waals surface area contributed by atoms with E-state index in [9.17, 15) is 4.57 Å². The van der Waals surface area contributed by atoms with Crippen molar-refractivity contribution in [2.24, 2.45) is 0 Å². The molecule has 80 valence electrons. The molecule has 1 atom stereocenters. The largest absolute Gasteiger partial charge is 0.326 e. The average Bonchev–Trinajstić information content (AvgIpc) is 1.95. The van der Waals surface area contributed by atoms with E-state index < -0.39 is 7.37 Å². The van der Waals surface area contributed by atoms with Crippen LogP contribution in [0, 0.1) is 0 Å². The summed E-state index contributed by atoms with van der Waals surface area (Å²) in [5, 5.41) is 0. The Kier molecular flexibility index (Phi) is 6.71. The van der Waals surface area contributed by atoms with Crippen LogP contribution in [0.25, 0.3) is 0 Å². The first kappa shape index (κ1) is 13.2. The summed E-state index contributed by atoms with van der Waals surface area (Å²) >= 11 is 0. The van der Waals surface area contributed by atoms with Crippen LogP contribution in [-0.2, 0) is 9.09 Å². The van der Waals surface area contributed by atoms with Crippen LogP contribution in [0.2, 0.25) is 0 Å². The van der Waals surface area contributed by atoms with E-state index in [1.54, 1.807) is 6.66 Å². The predicted octanol–water partition coefficient (Wildman–Crippen LogP) is 3.90. The average molecular weight is 206 g/mol. The van der Waals surface area contributed by atoms with Crippen molar-refractivity contribution in [3.05, 3.63) is 0 Å². The lowest BCUT2D eigenvalue weighted by atomic mass is 10.2. The zero-order valence-corrected chi connectivity index (χ0v) is 10.3. The van der Waals surface area contributed by atoms with Crippen LogP contribution in [0.4, 0.5) is 0 Å². The zero-order valence-electron chi connectivity index (χ0n) is 9.38. The second-order valence-electron chi connectivity index (χ2n) is 3.95. The Morgan fingerprint density at radius 3 is 2.31 bits per heavy atom. The van der Waals surface area contributed by atoms with E-state index in [0.717, 1.165) is 12.6 Å². The lowest BCUT2D eigenvalue weighted by molar-refractivity contribution is 0.246. The van der Waals surface area contributed by atoms with Crippen LogP contribution in [-0.4, -0.2) is 18.9 Å². The van der Waals surface area contributed by atoms with E-state index in [-0.39, 0.29) is 6.10 Å². The quantitative estimate of drug-likeness (QED) is 0.466. The fourth-order valence-electron chi connectivity index (χ4n) is 1.32. The first-order valence-corrected chi connectivity index (χ1v) is 7.48. The van der Waals surface area contributed by atoms with Crippen LogP contribution in [0.15, 0.2) is 0 Å². The van der Waals surface area contributed by atoms with Crippen LogP contribution in [0.5, 0.6) is 0 Å². The number of hydrogen-bond acceptors (Lipinski definition) is 2. The molecule has 0 saturated heterocycles. The van der Waals surface area contributed by atoms with Gasteiger partial charge in [0.1, 0.15) is 0 Å². The van der Waals surface area contributed by atoms with Gasteiger partial charge in [0.25, 0.3) is 0 Å². The molecule has 0 aromatic heterocycles. The fourth-order valence-corrected chi connectivity index (χ4v) is 3.12. The van der Waals surface area contributed by atoms with E-state index in [4.69, 9.17) is 4.52 Å². The SMILES string of the molecule is CCCCCCP(C)(=O)OC(C)C. The third kappa shape index (κ3) is 8.52. The van der Waals surface area contributed by atoms with E-state index in [2.05, 4.69) is 6.92 Å². The lowest BCUT2D eigenvalue weighted by Crippen LogP contribution is -2.02. The Labute approximate surface area is 82.5 Å². The maximum atomic E-state index is 11.8. The van der Waals surface area contributed by atoms with Gasteiger partial charge in [-0.25, -0.2) is 0 Å². The van der Waals surface area contributed by atoms with Crippen LogP contribution < -0.4 is 0 Å². The van der Waals surface area contributed by atoms with Crippen molar-refractivity contribution in [2.75, 3.05) is 12.8 Å². The highest BCUT2D eigenvalue weighted by Crippen LogP contribution is 2.44. The Morgan fingerprint density at radius 2 is 1.85 bits per heavy atom. The molecule has 1 unspecified atom stereocenters. The van der Waals surface area contributed by atoms with E-state index in [1.807, 2.05) is 13.8 Å². The van der Waals surface area contributed by atoms with Gasteiger partial charge in [0.05, 0.1) is 6.10 Å². The molecule has 0 aliphatic carbocycles. The molecule has 0 radical (unpaired) electrons. The highest BCUT2D eigenvalue weighted by atomic mass is 31.2. The Morgan fingerprint density at radius 1 is 1.23 bits per heavy atom. The maximum Gasteiger partial charge on any atom is 0.200 e. The monoisotopic (exact) mass is 206 g/mol. The second kappa shape index (κ2) is 6.62. The minimum absolute atomic E-state index is 0.0852. The van der Waals surface area contributed by atoms with Crippen molar-refractivity contribution in [1.82, 2.24) is 0 Å². The fraction of sp³-hybridized carbons (Fsp3) is 1.00. The normalized spacial score (nSPS) is 16.1. The summed E-state index contributed by atoms with van der Waals surface area (Å²) in [6.45, 7) is 7.79. The minimum Gasteiger partial charge on any atom is -0.326 e. The second-order valence-corrected chi connectivity index (χ2v) is 6.64. The van der Waals surface area contributed by atoms with E-state index >= 15 is 0 Å². The molecular formula is C10H23O2P. The van der Waals surface area contributed by atoms with Gasteiger partial charge in [-0.3, -0.25) is 4.57 Å². The van der Waals surface area contributed by atoms with Gasteiger partial charge in [0, 0.05) is 12.8 Å². The Bertz CT molecular complexity index is 166. The minimum atomic E-state index is -2.29. The Hall–Kier alpha value is 0.190. The van der Waals surface area contributed by atoms with E-state index in [1.165, 1.54) is 19.3 Å². The number of rotatable bonds is 7. The van der Waals surface area contributed by atoms with Gasteiger partial charge in [-0.1, -0.05) is 26.2 Å². The first-order valence-electron chi connectivity index (χ1n) is 5.23. The van der Waals surface area contributed by atoms with Gasteiger partial charge in [-0.05, 0) is 20.3 Å². The molecule has 13 heavy (non-hydrogen) atoms. The van der Waals surface area contributed by atoms with Crippen molar-refractivity contribution in [1.29, 1.82) is 0 Å². The maximum absolute atomic E-state index is 11.8. The summed E-state index contributed by atoms with van der Waals surface area (Å²) in [5.74, 6) is 0. The first-order chi connectivity index (χ1) is 5.98. The number of unbranched alkanes of at least 4 members (excludes halogenated alkanes) is 3. The summed E-state index contributed by atoms with van der Waals surface area (Å²) in [7, 11) is -2.29. The predicted molar refractivity (Wildman–Crippen MR) is 58.8 cm³/mol. The van der Waals surface area contributed by atoms with Gasteiger partial charge in [0.2, 0.25) is 0 Å². The van der Waals surface area contributed by atoms with Gasteiger partial charge in [-0.2, -0.15) is 0 Å². The van der Waals surface area contributed by atoms with Gasteiger partial charge < -0.3 is 4.52 Å². The third-order valence-electron chi connectivity index (χ3n) is 1.85. The molecule has 0 aliphatic heterocycles. The smallest absolute Gasteiger partial charge is 0.200 e. The summed E-state index contributed by atoms with van der Waals surface area (Å²) in [6.07, 6.45) is 5.50. The summed E-state index contributed by atoms with van der Waals surface area (Å²) in [5.41, 5.74) is 0. The molecule has 0 aromatic carbocycles. The topological polar surface area (TPSA) is 26.3 Å². The van der Waals surface area contributed by atoms with Gasteiger partial charge >= 0.3 is 0 Å². The molecule has 2 nitrogen and oxygen atoms in total. The van der Waals surface area contributed by atoms with Crippen LogP contribution in [0.3, 0.4) is 0 Å². The molecule has 0 spiro atoms. The summed E-state index contributed by atoms with van der Waals surface area (Å²) in [6, 6.07) is 0. The third-order valence-corrected chi connectivity index (χ3v) is 3.85. The van der Waals surface area contributed by atoms with Crippen LogP contribution >= 0.6 is 7.37 Å². The molecule has 0 saturated carbocycles. The Balaban J connectivity index is 3.57. The molecule has 0 N–H and O–H groups in total. The molecule has 3 heteroatoms. The van der Waals surface area contributed by atoms with Crippen molar-refractivity contribution in [2.45, 2.75) is 52.6 Å². The van der Waals surface area contributed by atoms with Crippen molar-refractivity contribution >= 4 is 7.37 Å². The molecule has 0 aliphatic rings. The van der Waals surface area contributed by atoms with Gasteiger partial charge in [0.15, 0.2) is 7.37 Å². The summed E-state index contributed by atoms with van der Waals surface area (Å²) in [4.78, 5) is 0. The molecule has 0 amide bonds. The highest BCUT2D eigenvalue weighted by molar-refractivity contribution is 7.58. The van der Waals surface area contributed by atoms with Crippen molar-refractivity contribution in [3.63, 3.8) is 0 Å². The zero-order chi connectivity index (χ0) is 10.3. The highest BCUT2D eigenvalue weighted by Gasteiger charge is 2.16. The summed E-state index contributed by atoms with van der Waals surface area (Å²) < 4.78 is 17.1. The molecular weight excluding hydrogens is 183 g/mol. The van der Waals surface area contributed by atoms with E-state index in [0.29, 0.717) is 0 Å². The van der Waals surface area contributed by atoms with Gasteiger partial charge in [-0.15, -0.1) is 0 Å². The molecule has 0 aromatic rings. The van der Waals surface area contributed by atoms with Crippen LogP contribution in [0.1, 0.15) is 46.5 Å². The number of hydrogen-bond donors (Lipinski definition) is 0. The molecule has 0 rings (SSSR count). The lowest BCUT2D eigenvalue weighted by Gasteiger charge is -2.16. The van der Waals surface area contributed by atoms with Crippen molar-refractivity contribution in [3.8, 4) is 0 Å². The molecule has 0 heterocycles.